The number of aliphatic hydroxyl groups is 2. The van der Waals surface area contributed by atoms with Crippen LogP contribution in [0.15, 0.2) is 30.5 Å². The first-order valence-corrected chi connectivity index (χ1v) is 22.6. The highest BCUT2D eigenvalue weighted by molar-refractivity contribution is 6.78. The Morgan fingerprint density at radius 1 is 0.982 bits per heavy atom. The Kier molecular flexibility index (Phi) is 10.9. The van der Waals surface area contributed by atoms with Crippen molar-refractivity contribution in [3.05, 3.63) is 47.7 Å². The summed E-state index contributed by atoms with van der Waals surface area (Å²) in [5.41, 5.74) is 0.783. The number of nitrogens with zero attached hydrogens (tertiary/aromatic N) is 5. The third-order valence-corrected chi connectivity index (χ3v) is 19.1. The molecule has 2 N–H and O–H groups in total. The topological polar surface area (TPSA) is 104 Å². The Balaban J connectivity index is 1.40. The predicted octanol–water partition coefficient (Wildman–Crippen LogP) is 8.96. The zero-order valence-electron chi connectivity index (χ0n) is 33.9. The summed E-state index contributed by atoms with van der Waals surface area (Å²) >= 11 is 0. The fourth-order valence-electron chi connectivity index (χ4n) is 10.6. The molecule has 3 aliphatic heterocycles. The summed E-state index contributed by atoms with van der Waals surface area (Å²) in [7, 11) is -2.42. The fraction of sp³-hybridized carbons (Fsp3) is 0.605. The van der Waals surface area contributed by atoms with E-state index in [1.807, 2.05) is 30.9 Å². The van der Waals surface area contributed by atoms with Gasteiger partial charge in [-0.15, -0.1) is 0 Å². The molecule has 2 aromatic heterocycles. The molecule has 298 valence electrons. The number of hydrogen-bond donors (Lipinski definition) is 2. The van der Waals surface area contributed by atoms with Gasteiger partial charge in [-0.25, -0.2) is 8.78 Å². The van der Waals surface area contributed by atoms with Crippen LogP contribution >= 0.6 is 0 Å². The summed E-state index contributed by atoms with van der Waals surface area (Å²) in [5, 5.41) is 22.9. The minimum Gasteiger partial charge on any atom is -0.543 e. The van der Waals surface area contributed by atoms with Crippen molar-refractivity contribution in [1.82, 2.24) is 19.9 Å². The maximum atomic E-state index is 17.6. The molecule has 0 bridgehead atoms. The van der Waals surface area contributed by atoms with E-state index in [2.05, 4.69) is 46.4 Å². The van der Waals surface area contributed by atoms with Gasteiger partial charge in [0.2, 0.25) is 0 Å². The van der Waals surface area contributed by atoms with E-state index in [4.69, 9.17) is 24.1 Å². The van der Waals surface area contributed by atoms with Gasteiger partial charge in [-0.2, -0.15) is 9.97 Å². The lowest BCUT2D eigenvalue weighted by Crippen LogP contribution is -2.50. The van der Waals surface area contributed by atoms with E-state index in [1.54, 1.807) is 12.3 Å². The van der Waals surface area contributed by atoms with Crippen LogP contribution in [0.25, 0.3) is 32.9 Å². The molecule has 3 saturated heterocycles. The lowest BCUT2D eigenvalue weighted by Gasteiger charge is -2.42. The molecule has 3 atom stereocenters. The Hall–Kier alpha value is -3.45. The summed E-state index contributed by atoms with van der Waals surface area (Å²) < 4.78 is 46.7. The first-order chi connectivity index (χ1) is 26.1. The average molecular weight is 776 g/mol. The molecule has 3 fully saturated rings. The van der Waals surface area contributed by atoms with Crippen molar-refractivity contribution >= 4 is 35.8 Å². The van der Waals surface area contributed by atoms with Crippen molar-refractivity contribution < 1.29 is 28.2 Å². The monoisotopic (exact) mass is 775 g/mol. The molecule has 0 amide bonds. The van der Waals surface area contributed by atoms with Gasteiger partial charge in [0.05, 0.1) is 23.1 Å². The van der Waals surface area contributed by atoms with E-state index >= 15 is 8.78 Å². The van der Waals surface area contributed by atoms with Crippen LogP contribution in [0.4, 0.5) is 14.6 Å². The molecule has 0 spiro atoms. The first kappa shape index (κ1) is 39.8. The number of β-amino-alcohol motifs (C(OH)–C–C–N with tert-alkyl or cyclic N) is 1. The van der Waals surface area contributed by atoms with Crippen molar-refractivity contribution in [3.63, 3.8) is 0 Å². The van der Waals surface area contributed by atoms with E-state index in [9.17, 15) is 10.2 Å². The number of anilines is 1. The van der Waals surface area contributed by atoms with Gasteiger partial charge in [0, 0.05) is 30.9 Å². The second kappa shape index (κ2) is 15.1. The summed E-state index contributed by atoms with van der Waals surface area (Å²) in [4.78, 5) is 18.7. The predicted molar refractivity (Wildman–Crippen MR) is 218 cm³/mol. The highest BCUT2D eigenvalue weighted by Crippen LogP contribution is 2.46. The molecule has 12 heteroatoms. The molecule has 2 aromatic carbocycles. The molecule has 7 rings (SSSR count). The number of aromatic nitrogens is 3. The van der Waals surface area contributed by atoms with Crippen LogP contribution < -0.4 is 14.1 Å². The molecule has 0 radical (unpaired) electrons. The standard InChI is InChI=1S/C43H59F2N5O4Si/c1-9-32-35(44)13-12-29-20-31(54-55(26(2)3,27(4)5)28(6)7)21-33(36(29)32)38-37(45)39-34(22-46-38)40(49-18-10-15-42(8,52)24-49)48-41(47-39)53-25-43-16-11-19-50(43)30(23-51)14-17-43/h12-13,20-22,26-28,30,51-52H,9-11,14-19,23-25H2,1-8H3/t30-,42+,43-/m0/s1. The minimum atomic E-state index is -2.42. The van der Waals surface area contributed by atoms with Crippen LogP contribution in [0.3, 0.4) is 0 Å². The average Bonchev–Trinajstić information content (AvgIpc) is 3.71. The summed E-state index contributed by atoms with van der Waals surface area (Å²) in [6, 6.07) is 7.19. The van der Waals surface area contributed by atoms with E-state index in [0.29, 0.717) is 82.6 Å². The summed E-state index contributed by atoms with van der Waals surface area (Å²) in [6.07, 6.45) is 7.14. The highest BCUT2D eigenvalue weighted by atomic mass is 28.4. The van der Waals surface area contributed by atoms with Crippen molar-refractivity contribution in [2.75, 3.05) is 37.7 Å². The zero-order valence-corrected chi connectivity index (χ0v) is 34.9. The van der Waals surface area contributed by atoms with Crippen molar-refractivity contribution in [2.45, 2.75) is 134 Å². The van der Waals surface area contributed by atoms with Crippen LogP contribution in [0.2, 0.25) is 16.6 Å². The SMILES string of the molecule is CCc1c(F)ccc2cc(O[Si](C(C)C)(C(C)C)C(C)C)cc(-c3ncc4c(N5CCC[C@@](C)(O)C5)nc(OC[C@@]56CCCN5[C@H](CO)CC6)nc4c3F)c12. The minimum absolute atomic E-state index is 0.0533. The Morgan fingerprint density at radius 3 is 2.38 bits per heavy atom. The van der Waals surface area contributed by atoms with E-state index in [0.717, 1.165) is 44.0 Å². The lowest BCUT2D eigenvalue weighted by molar-refractivity contribution is 0.0446. The van der Waals surface area contributed by atoms with Crippen LogP contribution in [0.5, 0.6) is 11.8 Å². The third kappa shape index (κ3) is 6.99. The number of hydrogen-bond acceptors (Lipinski definition) is 9. The van der Waals surface area contributed by atoms with E-state index in [1.165, 1.54) is 6.07 Å². The largest absolute Gasteiger partial charge is 0.543 e. The van der Waals surface area contributed by atoms with E-state index in [-0.39, 0.29) is 41.2 Å². The summed E-state index contributed by atoms with van der Waals surface area (Å²) in [6.45, 7) is 19.3. The van der Waals surface area contributed by atoms with Gasteiger partial charge in [0.1, 0.15) is 35.2 Å². The maximum absolute atomic E-state index is 17.6. The molecule has 55 heavy (non-hydrogen) atoms. The lowest BCUT2D eigenvalue weighted by atomic mass is 9.94. The first-order valence-electron chi connectivity index (χ1n) is 20.4. The quantitative estimate of drug-likeness (QED) is 0.137. The number of fused-ring (bicyclic) bond motifs is 3. The van der Waals surface area contributed by atoms with Gasteiger partial charge in [-0.3, -0.25) is 9.88 Å². The molecule has 4 aromatic rings. The van der Waals surface area contributed by atoms with Gasteiger partial charge >= 0.3 is 6.01 Å². The van der Waals surface area contributed by atoms with Gasteiger partial charge in [-0.1, -0.05) is 54.5 Å². The molecule has 0 unspecified atom stereocenters. The Bertz CT molecular complexity index is 2040. The molecular formula is C43H59F2N5O4Si. The van der Waals surface area contributed by atoms with Crippen LogP contribution in [0, 0.1) is 11.6 Å². The number of aryl methyl sites for hydroxylation is 1. The second-order valence-electron chi connectivity index (χ2n) is 17.6. The molecule has 0 saturated carbocycles. The van der Waals surface area contributed by atoms with Gasteiger partial charge in [0.25, 0.3) is 8.32 Å². The Morgan fingerprint density at radius 2 is 1.71 bits per heavy atom. The number of pyridine rings is 1. The van der Waals surface area contributed by atoms with Crippen molar-refractivity contribution in [2.24, 2.45) is 0 Å². The summed E-state index contributed by atoms with van der Waals surface area (Å²) in [5.74, 6) is 0.0828. The molecule has 9 nitrogen and oxygen atoms in total. The van der Waals surface area contributed by atoms with Crippen molar-refractivity contribution in [1.29, 1.82) is 0 Å². The number of rotatable bonds is 12. The maximum Gasteiger partial charge on any atom is 0.319 e. The van der Waals surface area contributed by atoms with Crippen LogP contribution in [0.1, 0.15) is 99.5 Å². The van der Waals surface area contributed by atoms with Crippen molar-refractivity contribution in [3.8, 4) is 23.0 Å². The number of benzene rings is 2. The number of piperidine rings is 1. The van der Waals surface area contributed by atoms with Crippen LogP contribution in [-0.4, -0.2) is 88.4 Å². The molecule has 3 aliphatic rings. The zero-order chi connectivity index (χ0) is 39.4. The fourth-order valence-corrected chi connectivity index (χ4v) is 15.8. The third-order valence-electron chi connectivity index (χ3n) is 13.1. The number of halogens is 2. The smallest absolute Gasteiger partial charge is 0.319 e. The molecular weight excluding hydrogens is 717 g/mol. The highest BCUT2D eigenvalue weighted by Gasteiger charge is 2.50. The molecule has 0 aliphatic carbocycles. The van der Waals surface area contributed by atoms with Crippen LogP contribution in [-0.2, 0) is 6.42 Å². The Labute approximate surface area is 325 Å². The van der Waals surface area contributed by atoms with Gasteiger partial charge < -0.3 is 24.3 Å². The number of aliphatic hydroxyl groups excluding tert-OH is 1. The van der Waals surface area contributed by atoms with E-state index < -0.39 is 19.7 Å². The van der Waals surface area contributed by atoms with Gasteiger partial charge in [-0.05, 0) is 110 Å². The van der Waals surface area contributed by atoms with Gasteiger partial charge in [0.15, 0.2) is 5.82 Å². The molecule has 5 heterocycles. The number of ether oxygens (including phenoxy) is 1. The second-order valence-corrected chi connectivity index (χ2v) is 23.0. The normalized spacial score (nSPS) is 23.5.